The zero-order valence-corrected chi connectivity index (χ0v) is 20.5. The average Bonchev–Trinajstić information content (AvgIpc) is 3.30. The van der Waals surface area contributed by atoms with E-state index in [9.17, 15) is 19.6 Å². The number of aromatic nitrogens is 3. The van der Waals surface area contributed by atoms with Gasteiger partial charge in [-0.15, -0.1) is 0 Å². The van der Waals surface area contributed by atoms with E-state index in [-0.39, 0.29) is 12.1 Å². The summed E-state index contributed by atoms with van der Waals surface area (Å²) in [6.45, 7) is 5.47. The molecular formula is C26H30FN7O2. The van der Waals surface area contributed by atoms with Crippen molar-refractivity contribution in [3.8, 4) is 17.5 Å². The van der Waals surface area contributed by atoms with Crippen LogP contribution in [-0.2, 0) is 0 Å². The molecular weight excluding hydrogens is 461 g/mol. The molecule has 0 aliphatic carbocycles. The Morgan fingerprint density at radius 3 is 2.64 bits per heavy atom. The number of alkyl halides is 1. The number of carbonyl (C=O) groups is 1. The molecule has 6 rings (SSSR count). The van der Waals surface area contributed by atoms with E-state index < -0.39 is 17.7 Å². The van der Waals surface area contributed by atoms with E-state index in [0.29, 0.717) is 22.5 Å². The molecule has 0 unspecified atom stereocenters. The highest BCUT2D eigenvalue weighted by molar-refractivity contribution is 6.00. The Kier molecular flexibility index (Phi) is 6.14. The highest BCUT2D eigenvalue weighted by Gasteiger charge is 2.40. The largest absolute Gasteiger partial charge is 0.387 e. The van der Waals surface area contributed by atoms with E-state index in [0.717, 1.165) is 50.1 Å². The molecule has 3 N–H and O–H groups in total. The van der Waals surface area contributed by atoms with Crippen LogP contribution in [0.2, 0.25) is 0 Å². The smallest absolute Gasteiger partial charge is 0.255 e. The van der Waals surface area contributed by atoms with Crippen molar-refractivity contribution >= 4 is 17.1 Å². The van der Waals surface area contributed by atoms with Gasteiger partial charge in [-0.1, -0.05) is 0 Å². The van der Waals surface area contributed by atoms with Gasteiger partial charge in [0.1, 0.15) is 12.2 Å². The SMILES string of the molecule is CC(C)(O)[C@H](F)CNC(=O)c1cnc(-c2ccc3cc(C#N)cnn23)cc1NC12CCN(CC1)CC2. The maximum atomic E-state index is 14.3. The molecule has 0 radical (unpaired) electrons. The van der Waals surface area contributed by atoms with E-state index in [1.165, 1.54) is 26.2 Å². The van der Waals surface area contributed by atoms with Crippen LogP contribution in [0.15, 0.2) is 36.7 Å². The third-order valence-electron chi connectivity index (χ3n) is 7.37. The van der Waals surface area contributed by atoms with Crippen LogP contribution >= 0.6 is 0 Å². The van der Waals surface area contributed by atoms with Crippen molar-refractivity contribution in [1.29, 1.82) is 5.26 Å². The average molecular weight is 492 g/mol. The number of pyridine rings is 1. The first kappa shape index (κ1) is 24.2. The van der Waals surface area contributed by atoms with Crippen molar-refractivity contribution in [2.24, 2.45) is 0 Å². The second-order valence-electron chi connectivity index (χ2n) is 10.4. The minimum atomic E-state index is -1.61. The van der Waals surface area contributed by atoms with Crippen molar-refractivity contribution in [2.75, 3.05) is 31.5 Å². The lowest BCUT2D eigenvalue weighted by Crippen LogP contribution is -2.56. The molecule has 1 atom stereocenters. The molecule has 0 aromatic carbocycles. The fourth-order valence-corrected chi connectivity index (χ4v) is 4.96. The van der Waals surface area contributed by atoms with Gasteiger partial charge >= 0.3 is 0 Å². The van der Waals surface area contributed by atoms with Crippen LogP contribution in [-0.4, -0.2) is 74.0 Å². The number of nitriles is 1. The number of rotatable bonds is 7. The van der Waals surface area contributed by atoms with Crippen LogP contribution in [0, 0.1) is 11.3 Å². The summed E-state index contributed by atoms with van der Waals surface area (Å²) in [7, 11) is 0. The van der Waals surface area contributed by atoms with E-state index in [2.05, 4.69) is 31.7 Å². The summed E-state index contributed by atoms with van der Waals surface area (Å²) in [5.41, 5.74) is 1.87. The quantitative estimate of drug-likeness (QED) is 0.465. The zero-order chi connectivity index (χ0) is 25.5. The Bertz CT molecular complexity index is 1320. The highest BCUT2D eigenvalue weighted by atomic mass is 19.1. The summed E-state index contributed by atoms with van der Waals surface area (Å²) in [5.74, 6) is -0.454. The molecule has 10 heteroatoms. The lowest BCUT2D eigenvalue weighted by molar-refractivity contribution is -0.00177. The fraction of sp³-hybridized carbons (Fsp3) is 0.462. The molecule has 3 aromatic heterocycles. The van der Waals surface area contributed by atoms with Gasteiger partial charge in [0.15, 0.2) is 0 Å². The number of hydrogen-bond donors (Lipinski definition) is 3. The Morgan fingerprint density at radius 2 is 1.97 bits per heavy atom. The lowest BCUT2D eigenvalue weighted by atomic mass is 9.79. The van der Waals surface area contributed by atoms with Gasteiger partial charge in [0.2, 0.25) is 0 Å². The second-order valence-corrected chi connectivity index (χ2v) is 10.4. The van der Waals surface area contributed by atoms with E-state index >= 15 is 0 Å². The van der Waals surface area contributed by atoms with Gasteiger partial charge in [0.05, 0.1) is 52.1 Å². The standard InChI is InChI=1S/C26H30FN7O2/c1-25(2,36)23(27)16-30-24(35)19-15-29-21(22-4-3-18-11-17(13-28)14-31-34(18)22)12-20(19)32-26-5-8-33(9-6-26)10-7-26/h3-4,11-12,14-15,23,36H,5-10,16H2,1-2H3,(H,29,32)(H,30,35)/t23-/m1/s1. The number of anilines is 1. The van der Waals surface area contributed by atoms with E-state index in [4.69, 9.17) is 0 Å². The summed E-state index contributed by atoms with van der Waals surface area (Å²) in [6, 6.07) is 9.44. The molecule has 3 aliphatic rings. The summed E-state index contributed by atoms with van der Waals surface area (Å²) >= 11 is 0. The first-order valence-electron chi connectivity index (χ1n) is 12.2. The molecule has 3 aromatic rings. The number of nitrogens with zero attached hydrogens (tertiary/aromatic N) is 5. The number of amides is 1. The number of carbonyl (C=O) groups excluding carboxylic acids is 1. The van der Waals surface area contributed by atoms with Gasteiger partial charge in [0, 0.05) is 31.4 Å². The predicted molar refractivity (Wildman–Crippen MR) is 133 cm³/mol. The number of fused-ring (bicyclic) bond motifs is 4. The molecule has 3 saturated heterocycles. The number of piperidine rings is 3. The molecule has 0 spiro atoms. The first-order chi connectivity index (χ1) is 17.2. The van der Waals surface area contributed by atoms with Crippen LogP contribution in [0.1, 0.15) is 49.0 Å². The lowest BCUT2D eigenvalue weighted by Gasteiger charge is -2.49. The van der Waals surface area contributed by atoms with Crippen LogP contribution in [0.5, 0.6) is 0 Å². The molecule has 0 saturated carbocycles. The van der Waals surface area contributed by atoms with Gasteiger partial charge in [-0.2, -0.15) is 10.4 Å². The number of aliphatic hydroxyl groups is 1. The maximum absolute atomic E-state index is 14.3. The number of nitrogens with one attached hydrogen (secondary N) is 2. The minimum Gasteiger partial charge on any atom is -0.387 e. The third kappa shape index (κ3) is 4.64. The molecule has 188 valence electrons. The molecule has 3 fully saturated rings. The molecule has 3 aliphatic heterocycles. The number of halogens is 1. The molecule has 6 heterocycles. The van der Waals surface area contributed by atoms with Crippen LogP contribution in [0.3, 0.4) is 0 Å². The Balaban J connectivity index is 1.49. The normalized spacial score (nSPS) is 22.2. The van der Waals surface area contributed by atoms with Crippen molar-refractivity contribution in [3.05, 3.63) is 47.8 Å². The van der Waals surface area contributed by atoms with Gasteiger partial charge in [0.25, 0.3) is 5.91 Å². The predicted octanol–water partition coefficient (Wildman–Crippen LogP) is 2.76. The summed E-state index contributed by atoms with van der Waals surface area (Å²) in [4.78, 5) is 20.1. The molecule has 36 heavy (non-hydrogen) atoms. The first-order valence-corrected chi connectivity index (χ1v) is 12.2. The van der Waals surface area contributed by atoms with Gasteiger partial charge < -0.3 is 20.6 Å². The summed E-state index contributed by atoms with van der Waals surface area (Å²) in [5, 5.41) is 29.7. The number of hydrogen-bond acceptors (Lipinski definition) is 7. The fourth-order valence-electron chi connectivity index (χ4n) is 4.96. The second kappa shape index (κ2) is 9.15. The van der Waals surface area contributed by atoms with Crippen molar-refractivity contribution in [2.45, 2.75) is 50.4 Å². The maximum Gasteiger partial charge on any atom is 0.255 e. The molecule has 1 amide bonds. The highest BCUT2D eigenvalue weighted by Crippen LogP contribution is 2.37. The van der Waals surface area contributed by atoms with Crippen molar-refractivity contribution in [1.82, 2.24) is 24.8 Å². The Labute approximate surface area is 208 Å². The minimum absolute atomic E-state index is 0.112. The third-order valence-corrected chi connectivity index (χ3v) is 7.37. The van der Waals surface area contributed by atoms with Crippen molar-refractivity contribution in [3.63, 3.8) is 0 Å². The van der Waals surface area contributed by atoms with Gasteiger partial charge in [-0.3, -0.25) is 9.78 Å². The topological polar surface area (TPSA) is 119 Å². The van der Waals surface area contributed by atoms with Crippen molar-refractivity contribution < 1.29 is 14.3 Å². The summed E-state index contributed by atoms with van der Waals surface area (Å²) in [6.07, 6.45) is 4.32. The van der Waals surface area contributed by atoms with Crippen LogP contribution < -0.4 is 10.6 Å². The summed E-state index contributed by atoms with van der Waals surface area (Å²) < 4.78 is 16.0. The Hall–Kier alpha value is -3.55. The van der Waals surface area contributed by atoms with E-state index in [1.54, 1.807) is 10.6 Å². The van der Waals surface area contributed by atoms with E-state index in [1.807, 2.05) is 18.2 Å². The van der Waals surface area contributed by atoms with Gasteiger partial charge in [-0.05, 0) is 57.4 Å². The van der Waals surface area contributed by atoms with Crippen LogP contribution in [0.25, 0.3) is 16.9 Å². The van der Waals surface area contributed by atoms with Gasteiger partial charge in [-0.25, -0.2) is 8.91 Å². The molecule has 9 nitrogen and oxygen atoms in total. The Morgan fingerprint density at radius 1 is 1.25 bits per heavy atom. The van der Waals surface area contributed by atoms with Crippen LogP contribution in [0.4, 0.5) is 10.1 Å². The molecule has 2 bridgehead atoms. The monoisotopic (exact) mass is 491 g/mol. The zero-order valence-electron chi connectivity index (χ0n) is 20.5.